The summed E-state index contributed by atoms with van der Waals surface area (Å²) >= 11 is 0. The molecule has 1 fully saturated rings. The van der Waals surface area contributed by atoms with Gasteiger partial charge in [-0.1, -0.05) is 0 Å². The molecule has 0 bridgehead atoms. The van der Waals surface area contributed by atoms with Gasteiger partial charge >= 0.3 is 0 Å². The van der Waals surface area contributed by atoms with Crippen LogP contribution in [0.15, 0.2) is 0 Å². The summed E-state index contributed by atoms with van der Waals surface area (Å²) in [6.45, 7) is -1.06. The van der Waals surface area contributed by atoms with Crippen LogP contribution < -0.4 is 0 Å². The maximum atomic E-state index is 10.7. The van der Waals surface area contributed by atoms with E-state index < -0.39 is 47.4 Å². The Morgan fingerprint density at radius 2 is 1.74 bits per heavy atom. The first-order valence-corrected chi connectivity index (χ1v) is 7.34. The molecule has 4 N–H and O–H groups in total. The second kappa shape index (κ2) is 6.90. The standard InChI is InChI=1S/C9H18O9S/c1-19(14,15)17-3-2-16-9-8(13)7(12)6(11)5(4-10)18-9/h5-13H,2-4H2,1H3/t5-,6-,7+,8-,9-/m1/s1. The van der Waals surface area contributed by atoms with Gasteiger partial charge in [0.15, 0.2) is 6.29 Å². The molecule has 1 heterocycles. The molecule has 5 atom stereocenters. The molecule has 1 aliphatic rings. The molecule has 0 aromatic heterocycles. The Balaban J connectivity index is 2.44. The van der Waals surface area contributed by atoms with Gasteiger partial charge in [-0.25, -0.2) is 0 Å². The first-order chi connectivity index (χ1) is 8.76. The molecule has 0 saturated carbocycles. The van der Waals surface area contributed by atoms with Crippen molar-refractivity contribution in [3.05, 3.63) is 0 Å². The lowest BCUT2D eigenvalue weighted by Gasteiger charge is -2.39. The topological polar surface area (TPSA) is 143 Å². The summed E-state index contributed by atoms with van der Waals surface area (Å²) < 4.78 is 35.8. The second-order valence-electron chi connectivity index (χ2n) is 4.09. The van der Waals surface area contributed by atoms with E-state index in [0.29, 0.717) is 0 Å². The third kappa shape index (κ3) is 4.93. The fourth-order valence-electron chi connectivity index (χ4n) is 1.55. The lowest BCUT2D eigenvalue weighted by atomic mass is 9.99. The highest BCUT2D eigenvalue weighted by Gasteiger charge is 2.43. The highest BCUT2D eigenvalue weighted by molar-refractivity contribution is 7.85. The smallest absolute Gasteiger partial charge is 0.264 e. The quantitative estimate of drug-likeness (QED) is 0.294. The second-order valence-corrected chi connectivity index (χ2v) is 5.74. The van der Waals surface area contributed by atoms with Gasteiger partial charge < -0.3 is 29.9 Å². The van der Waals surface area contributed by atoms with Crippen molar-refractivity contribution in [1.82, 2.24) is 0 Å². The van der Waals surface area contributed by atoms with Crippen LogP contribution in [0.2, 0.25) is 0 Å². The Labute approximate surface area is 110 Å². The molecular formula is C9H18O9S. The minimum Gasteiger partial charge on any atom is -0.394 e. The fraction of sp³-hybridized carbons (Fsp3) is 1.00. The first kappa shape index (κ1) is 16.7. The van der Waals surface area contributed by atoms with Crippen molar-refractivity contribution in [3.63, 3.8) is 0 Å². The zero-order valence-electron chi connectivity index (χ0n) is 10.2. The number of aliphatic hydroxyl groups excluding tert-OH is 4. The highest BCUT2D eigenvalue weighted by atomic mass is 32.2. The van der Waals surface area contributed by atoms with E-state index in [9.17, 15) is 23.7 Å². The van der Waals surface area contributed by atoms with Crippen molar-refractivity contribution in [1.29, 1.82) is 0 Å². The Kier molecular flexibility index (Phi) is 6.08. The largest absolute Gasteiger partial charge is 0.394 e. The zero-order valence-corrected chi connectivity index (χ0v) is 11.1. The van der Waals surface area contributed by atoms with Crippen LogP contribution in [0.5, 0.6) is 0 Å². The van der Waals surface area contributed by atoms with Gasteiger partial charge in [0.25, 0.3) is 10.1 Å². The molecule has 0 aromatic carbocycles. The van der Waals surface area contributed by atoms with Crippen LogP contribution in [0.4, 0.5) is 0 Å². The van der Waals surface area contributed by atoms with E-state index in [4.69, 9.17) is 14.6 Å². The summed E-state index contributed by atoms with van der Waals surface area (Å²) in [6.07, 6.45) is -6.01. The molecule has 1 saturated heterocycles. The van der Waals surface area contributed by atoms with Crippen molar-refractivity contribution in [3.8, 4) is 0 Å². The van der Waals surface area contributed by atoms with Gasteiger partial charge in [-0.15, -0.1) is 0 Å². The van der Waals surface area contributed by atoms with Gasteiger partial charge in [-0.3, -0.25) is 4.18 Å². The molecule has 0 unspecified atom stereocenters. The van der Waals surface area contributed by atoms with Gasteiger partial charge in [-0.05, 0) is 0 Å². The van der Waals surface area contributed by atoms with E-state index >= 15 is 0 Å². The Bertz CT molecular complexity index is 368. The van der Waals surface area contributed by atoms with E-state index in [1.807, 2.05) is 0 Å². The van der Waals surface area contributed by atoms with E-state index in [0.717, 1.165) is 6.26 Å². The van der Waals surface area contributed by atoms with E-state index in [-0.39, 0.29) is 13.2 Å². The van der Waals surface area contributed by atoms with E-state index in [2.05, 4.69) is 4.18 Å². The number of hydrogen-bond donors (Lipinski definition) is 4. The molecule has 9 nitrogen and oxygen atoms in total. The van der Waals surface area contributed by atoms with Gasteiger partial charge in [0.2, 0.25) is 0 Å². The summed E-state index contributed by atoms with van der Waals surface area (Å²) in [5, 5.41) is 37.5. The molecule has 0 amide bonds. The summed E-state index contributed by atoms with van der Waals surface area (Å²) in [7, 11) is -3.59. The SMILES string of the molecule is CS(=O)(=O)OCCO[C@@H]1O[C@H](CO)[C@@H](O)[C@H](O)[C@H]1O. The molecule has 10 heteroatoms. The summed E-state index contributed by atoms with van der Waals surface area (Å²) in [5.41, 5.74) is 0. The molecular weight excluding hydrogens is 284 g/mol. The van der Waals surface area contributed by atoms with Crippen LogP contribution in [-0.2, 0) is 23.8 Å². The maximum absolute atomic E-state index is 10.7. The van der Waals surface area contributed by atoms with Gasteiger partial charge in [0.1, 0.15) is 24.4 Å². The van der Waals surface area contributed by atoms with E-state index in [1.54, 1.807) is 0 Å². The van der Waals surface area contributed by atoms with Gasteiger partial charge in [0.05, 0.1) is 26.1 Å². The number of aliphatic hydroxyl groups is 4. The molecule has 0 radical (unpaired) electrons. The maximum Gasteiger partial charge on any atom is 0.264 e. The average molecular weight is 302 g/mol. The molecule has 0 aromatic rings. The van der Waals surface area contributed by atoms with Crippen LogP contribution in [0, 0.1) is 0 Å². The van der Waals surface area contributed by atoms with Gasteiger partial charge in [0, 0.05) is 0 Å². The lowest BCUT2D eigenvalue weighted by Crippen LogP contribution is -2.59. The summed E-state index contributed by atoms with van der Waals surface area (Å²) in [5.74, 6) is 0. The summed E-state index contributed by atoms with van der Waals surface area (Å²) in [4.78, 5) is 0. The molecule has 0 spiro atoms. The molecule has 0 aliphatic carbocycles. The fourth-order valence-corrected chi connectivity index (χ4v) is 1.93. The van der Waals surface area contributed by atoms with E-state index in [1.165, 1.54) is 0 Å². The third-order valence-corrected chi connectivity index (χ3v) is 3.11. The van der Waals surface area contributed by atoms with Crippen molar-refractivity contribution >= 4 is 10.1 Å². The van der Waals surface area contributed by atoms with Crippen LogP contribution in [0.25, 0.3) is 0 Å². The Morgan fingerprint density at radius 1 is 1.11 bits per heavy atom. The normalized spacial score (nSPS) is 36.4. The van der Waals surface area contributed by atoms with Crippen LogP contribution in [-0.4, -0.2) is 85.6 Å². The third-order valence-electron chi connectivity index (χ3n) is 2.51. The minimum atomic E-state index is -3.59. The first-order valence-electron chi connectivity index (χ1n) is 5.53. The van der Waals surface area contributed by atoms with Crippen molar-refractivity contribution in [2.24, 2.45) is 0 Å². The number of ether oxygens (including phenoxy) is 2. The van der Waals surface area contributed by atoms with Crippen molar-refractivity contribution < 1.29 is 42.5 Å². The highest BCUT2D eigenvalue weighted by Crippen LogP contribution is 2.21. The zero-order chi connectivity index (χ0) is 14.6. The predicted octanol–water partition coefficient (Wildman–Crippen LogP) is -3.22. The van der Waals surface area contributed by atoms with Gasteiger partial charge in [-0.2, -0.15) is 8.42 Å². The molecule has 19 heavy (non-hydrogen) atoms. The Hall–Kier alpha value is -0.330. The Morgan fingerprint density at radius 3 is 2.26 bits per heavy atom. The molecule has 1 rings (SSSR count). The summed E-state index contributed by atoms with van der Waals surface area (Å²) in [6, 6.07) is 0. The lowest BCUT2D eigenvalue weighted by molar-refractivity contribution is -0.301. The number of rotatable bonds is 6. The van der Waals surface area contributed by atoms with Crippen molar-refractivity contribution in [2.45, 2.75) is 30.7 Å². The monoisotopic (exact) mass is 302 g/mol. The average Bonchev–Trinajstić information content (AvgIpc) is 2.33. The molecule has 1 aliphatic heterocycles. The predicted molar refractivity (Wildman–Crippen MR) is 60.5 cm³/mol. The van der Waals surface area contributed by atoms with Crippen LogP contribution in [0.1, 0.15) is 0 Å². The number of hydrogen-bond acceptors (Lipinski definition) is 9. The van der Waals surface area contributed by atoms with Crippen LogP contribution in [0.3, 0.4) is 0 Å². The molecule has 114 valence electrons. The minimum absolute atomic E-state index is 0.213. The van der Waals surface area contributed by atoms with Crippen LogP contribution >= 0.6 is 0 Å². The van der Waals surface area contributed by atoms with Crippen molar-refractivity contribution in [2.75, 3.05) is 26.1 Å².